The van der Waals surface area contributed by atoms with Crippen molar-refractivity contribution in [2.75, 3.05) is 6.61 Å². The Kier molecular flexibility index (Phi) is 5.33. The highest BCUT2D eigenvalue weighted by Gasteiger charge is 2.16. The van der Waals surface area contributed by atoms with E-state index in [0.29, 0.717) is 12.2 Å². The average molecular weight is 274 g/mol. The van der Waals surface area contributed by atoms with Crippen molar-refractivity contribution < 1.29 is 14.3 Å². The van der Waals surface area contributed by atoms with E-state index in [-0.39, 0.29) is 12.2 Å². The van der Waals surface area contributed by atoms with Gasteiger partial charge in [0.1, 0.15) is 6.42 Å². The summed E-state index contributed by atoms with van der Waals surface area (Å²) in [4.78, 5) is 23.2. The van der Waals surface area contributed by atoms with E-state index in [1.165, 1.54) is 31.2 Å². The zero-order chi connectivity index (χ0) is 14.4. The molecule has 0 aromatic heterocycles. The van der Waals surface area contributed by atoms with Gasteiger partial charge < -0.3 is 4.74 Å². The Morgan fingerprint density at radius 2 is 1.80 bits per heavy atom. The van der Waals surface area contributed by atoms with E-state index in [1.807, 2.05) is 24.3 Å². The first-order chi connectivity index (χ1) is 9.69. The zero-order valence-electron chi connectivity index (χ0n) is 12.1. The molecule has 0 heterocycles. The molecule has 0 amide bonds. The highest BCUT2D eigenvalue weighted by Crippen LogP contribution is 2.28. The molecule has 108 valence electrons. The van der Waals surface area contributed by atoms with Crippen LogP contribution in [0.2, 0.25) is 0 Å². The van der Waals surface area contributed by atoms with Gasteiger partial charge >= 0.3 is 5.97 Å². The Labute approximate surface area is 120 Å². The van der Waals surface area contributed by atoms with Crippen molar-refractivity contribution in [2.45, 2.75) is 45.4 Å². The molecule has 3 heteroatoms. The molecule has 1 aliphatic rings. The summed E-state index contributed by atoms with van der Waals surface area (Å²) in [6.45, 7) is 2.05. The number of carbonyl (C=O) groups excluding carboxylic acids is 2. The van der Waals surface area contributed by atoms with Crippen LogP contribution >= 0.6 is 0 Å². The Morgan fingerprint density at radius 3 is 2.40 bits per heavy atom. The number of carbonyl (C=O) groups is 2. The molecule has 0 saturated heterocycles. The summed E-state index contributed by atoms with van der Waals surface area (Å²) in [5, 5.41) is 0. The minimum Gasteiger partial charge on any atom is -0.466 e. The molecule has 0 aliphatic heterocycles. The van der Waals surface area contributed by atoms with Crippen molar-refractivity contribution >= 4 is 11.8 Å². The van der Waals surface area contributed by atoms with Crippen LogP contribution in [0.4, 0.5) is 0 Å². The fourth-order valence-electron chi connectivity index (χ4n) is 2.82. The van der Waals surface area contributed by atoms with Crippen LogP contribution in [0.5, 0.6) is 0 Å². The third-order valence-electron chi connectivity index (χ3n) is 3.89. The highest BCUT2D eigenvalue weighted by molar-refractivity contribution is 6.05. The standard InChI is InChI=1S/C17H22O3/c1-2-20-17(19)12-16(18)15-9-7-14(8-10-15)11-13-5-3-4-6-13/h7-10,13H,2-6,11-12H2,1H3. The highest BCUT2D eigenvalue weighted by atomic mass is 16.5. The van der Waals surface area contributed by atoms with Gasteiger partial charge in [-0.3, -0.25) is 9.59 Å². The van der Waals surface area contributed by atoms with Crippen molar-refractivity contribution in [3.8, 4) is 0 Å². The van der Waals surface area contributed by atoms with Crippen LogP contribution in [-0.2, 0) is 16.0 Å². The van der Waals surface area contributed by atoms with Crippen molar-refractivity contribution in [3.63, 3.8) is 0 Å². The van der Waals surface area contributed by atoms with E-state index in [9.17, 15) is 9.59 Å². The zero-order valence-corrected chi connectivity index (χ0v) is 12.1. The van der Waals surface area contributed by atoms with Crippen LogP contribution < -0.4 is 0 Å². The van der Waals surface area contributed by atoms with E-state index in [1.54, 1.807) is 6.92 Å². The minimum absolute atomic E-state index is 0.170. The molecule has 1 aromatic rings. The van der Waals surface area contributed by atoms with Gasteiger partial charge in [0.15, 0.2) is 5.78 Å². The molecule has 0 bridgehead atoms. The molecule has 2 rings (SSSR count). The van der Waals surface area contributed by atoms with Gasteiger partial charge in [-0.25, -0.2) is 0 Å². The van der Waals surface area contributed by atoms with Crippen LogP contribution in [0.1, 0.15) is 54.9 Å². The van der Waals surface area contributed by atoms with Crippen LogP contribution in [0, 0.1) is 5.92 Å². The SMILES string of the molecule is CCOC(=O)CC(=O)c1ccc(CC2CCCC2)cc1. The quantitative estimate of drug-likeness (QED) is 0.452. The monoisotopic (exact) mass is 274 g/mol. The lowest BCUT2D eigenvalue weighted by Gasteiger charge is -2.09. The van der Waals surface area contributed by atoms with Gasteiger partial charge in [-0.2, -0.15) is 0 Å². The number of esters is 1. The molecule has 0 N–H and O–H groups in total. The molecule has 0 unspecified atom stereocenters. The maximum atomic E-state index is 11.9. The molecule has 3 nitrogen and oxygen atoms in total. The van der Waals surface area contributed by atoms with E-state index < -0.39 is 5.97 Å². The second-order valence-electron chi connectivity index (χ2n) is 5.46. The number of benzene rings is 1. The lowest BCUT2D eigenvalue weighted by molar-refractivity contribution is -0.141. The van der Waals surface area contributed by atoms with Gasteiger partial charge in [0.2, 0.25) is 0 Å². The summed E-state index contributed by atoms with van der Waals surface area (Å²) in [6, 6.07) is 7.67. The van der Waals surface area contributed by atoms with E-state index in [4.69, 9.17) is 4.74 Å². The first kappa shape index (κ1) is 14.8. The lowest BCUT2D eigenvalue weighted by Crippen LogP contribution is -2.11. The van der Waals surface area contributed by atoms with Crippen LogP contribution in [0.3, 0.4) is 0 Å². The first-order valence-corrected chi connectivity index (χ1v) is 7.46. The Balaban J connectivity index is 1.89. The molecule has 20 heavy (non-hydrogen) atoms. The Bertz CT molecular complexity index is 456. The lowest BCUT2D eigenvalue weighted by atomic mass is 9.96. The maximum absolute atomic E-state index is 11.9. The number of ketones is 1. The molecular weight excluding hydrogens is 252 g/mol. The van der Waals surface area contributed by atoms with Gasteiger partial charge in [-0.1, -0.05) is 49.9 Å². The first-order valence-electron chi connectivity index (χ1n) is 7.46. The number of rotatable bonds is 6. The van der Waals surface area contributed by atoms with Crippen molar-refractivity contribution in [1.29, 1.82) is 0 Å². The number of hydrogen-bond donors (Lipinski definition) is 0. The molecular formula is C17H22O3. The summed E-state index contributed by atoms with van der Waals surface area (Å²) < 4.78 is 4.79. The summed E-state index contributed by atoms with van der Waals surface area (Å²) in [5.74, 6) is 0.180. The number of ether oxygens (including phenoxy) is 1. The average Bonchev–Trinajstić information content (AvgIpc) is 2.92. The second-order valence-corrected chi connectivity index (χ2v) is 5.46. The van der Waals surface area contributed by atoms with Gasteiger partial charge in [0.25, 0.3) is 0 Å². The van der Waals surface area contributed by atoms with Crippen molar-refractivity contribution in [2.24, 2.45) is 5.92 Å². The van der Waals surface area contributed by atoms with Gasteiger partial charge in [-0.15, -0.1) is 0 Å². The van der Waals surface area contributed by atoms with Crippen LogP contribution in [0.15, 0.2) is 24.3 Å². The largest absolute Gasteiger partial charge is 0.466 e. The number of hydrogen-bond acceptors (Lipinski definition) is 3. The Hall–Kier alpha value is -1.64. The van der Waals surface area contributed by atoms with Crippen molar-refractivity contribution in [3.05, 3.63) is 35.4 Å². The maximum Gasteiger partial charge on any atom is 0.313 e. The normalized spacial score (nSPS) is 15.2. The summed E-state index contributed by atoms with van der Waals surface area (Å²) in [7, 11) is 0. The Morgan fingerprint density at radius 1 is 1.15 bits per heavy atom. The van der Waals surface area contributed by atoms with Gasteiger partial charge in [0, 0.05) is 5.56 Å². The van der Waals surface area contributed by atoms with Crippen LogP contribution in [-0.4, -0.2) is 18.4 Å². The second kappa shape index (κ2) is 7.22. The van der Waals surface area contributed by atoms with E-state index in [2.05, 4.69) is 0 Å². The molecule has 0 radical (unpaired) electrons. The predicted octanol–water partition coefficient (Wildman–Crippen LogP) is 3.56. The van der Waals surface area contributed by atoms with Crippen molar-refractivity contribution in [1.82, 2.24) is 0 Å². The topological polar surface area (TPSA) is 43.4 Å². The molecule has 0 spiro atoms. The smallest absolute Gasteiger partial charge is 0.313 e. The summed E-state index contributed by atoms with van der Waals surface area (Å²) in [6.07, 6.45) is 6.27. The molecule has 1 fully saturated rings. The predicted molar refractivity (Wildman–Crippen MR) is 77.7 cm³/mol. The molecule has 0 atom stereocenters. The minimum atomic E-state index is -0.451. The fourth-order valence-corrected chi connectivity index (χ4v) is 2.82. The third-order valence-corrected chi connectivity index (χ3v) is 3.89. The molecule has 1 saturated carbocycles. The summed E-state index contributed by atoms with van der Waals surface area (Å²) >= 11 is 0. The fraction of sp³-hybridized carbons (Fsp3) is 0.529. The third kappa shape index (κ3) is 4.19. The van der Waals surface area contributed by atoms with Crippen LogP contribution in [0.25, 0.3) is 0 Å². The van der Waals surface area contributed by atoms with Gasteiger partial charge in [-0.05, 0) is 24.8 Å². The molecule has 1 aliphatic carbocycles. The van der Waals surface area contributed by atoms with E-state index in [0.717, 1.165) is 12.3 Å². The summed E-state index contributed by atoms with van der Waals surface area (Å²) in [5.41, 5.74) is 1.87. The number of Topliss-reactive ketones (excluding diaryl/α,β-unsaturated/α-hetero) is 1. The molecule has 1 aromatic carbocycles. The van der Waals surface area contributed by atoms with Gasteiger partial charge in [0.05, 0.1) is 6.61 Å². The van der Waals surface area contributed by atoms with E-state index >= 15 is 0 Å².